The highest BCUT2D eigenvalue weighted by Crippen LogP contribution is 2.14. The van der Waals surface area contributed by atoms with Crippen LogP contribution in [0.3, 0.4) is 0 Å². The lowest BCUT2D eigenvalue weighted by atomic mass is 10.2. The molecule has 1 aromatic carbocycles. The number of carbonyl (C=O) groups is 1. The maximum absolute atomic E-state index is 10.6. The third kappa shape index (κ3) is 3.25. The molecule has 0 heterocycles. The van der Waals surface area contributed by atoms with Crippen molar-refractivity contribution in [3.63, 3.8) is 0 Å². The Morgan fingerprint density at radius 2 is 2.07 bits per heavy atom. The molecule has 0 saturated carbocycles. The molecule has 0 amide bonds. The smallest absolute Gasteiger partial charge is 0.138 e. The number of aliphatic hydroxyl groups is 1. The van der Waals surface area contributed by atoms with E-state index in [0.717, 1.165) is 5.56 Å². The Labute approximate surface area is 88.1 Å². The van der Waals surface area contributed by atoms with Crippen molar-refractivity contribution >= 4 is 5.97 Å². The van der Waals surface area contributed by atoms with Gasteiger partial charge in [-0.05, 0) is 24.1 Å². The summed E-state index contributed by atoms with van der Waals surface area (Å²) in [7, 11) is 0. The monoisotopic (exact) mass is 209 g/mol. The van der Waals surface area contributed by atoms with Gasteiger partial charge in [-0.15, -0.1) is 0 Å². The SMILES string of the molecule is CCC(Oc1ccc(CO)cc1)C(=O)[O-]. The van der Waals surface area contributed by atoms with Crippen molar-refractivity contribution in [2.45, 2.75) is 26.1 Å². The van der Waals surface area contributed by atoms with Gasteiger partial charge in [-0.1, -0.05) is 19.1 Å². The van der Waals surface area contributed by atoms with E-state index < -0.39 is 12.1 Å². The number of rotatable bonds is 5. The summed E-state index contributed by atoms with van der Waals surface area (Å²) in [6.07, 6.45) is -0.575. The Kier molecular flexibility index (Phi) is 4.12. The summed E-state index contributed by atoms with van der Waals surface area (Å²) < 4.78 is 5.18. The lowest BCUT2D eigenvalue weighted by Crippen LogP contribution is -2.39. The first-order valence-electron chi connectivity index (χ1n) is 4.74. The number of hydrogen-bond donors (Lipinski definition) is 1. The quantitative estimate of drug-likeness (QED) is 0.746. The molecule has 4 heteroatoms. The highest BCUT2D eigenvalue weighted by atomic mass is 16.5. The second kappa shape index (κ2) is 5.36. The van der Waals surface area contributed by atoms with Gasteiger partial charge in [-0.25, -0.2) is 0 Å². The maximum Gasteiger partial charge on any atom is 0.138 e. The predicted molar refractivity (Wildman–Crippen MR) is 52.1 cm³/mol. The molecule has 1 unspecified atom stereocenters. The van der Waals surface area contributed by atoms with Crippen LogP contribution in [0, 0.1) is 0 Å². The minimum atomic E-state index is -1.22. The minimum absolute atomic E-state index is 0.0437. The summed E-state index contributed by atoms with van der Waals surface area (Å²) in [6.45, 7) is 1.67. The molecule has 1 N–H and O–H groups in total. The number of aliphatic hydroxyl groups excluding tert-OH is 1. The highest BCUT2D eigenvalue weighted by molar-refractivity contribution is 5.70. The maximum atomic E-state index is 10.6. The number of aliphatic carboxylic acids is 1. The van der Waals surface area contributed by atoms with Gasteiger partial charge in [0.25, 0.3) is 0 Å². The molecule has 0 fully saturated rings. The zero-order valence-electron chi connectivity index (χ0n) is 8.47. The van der Waals surface area contributed by atoms with Crippen LogP contribution in [0.1, 0.15) is 18.9 Å². The summed E-state index contributed by atoms with van der Waals surface area (Å²) in [5.74, 6) is -0.757. The first kappa shape index (κ1) is 11.5. The van der Waals surface area contributed by atoms with Crippen LogP contribution in [0.5, 0.6) is 5.75 Å². The summed E-state index contributed by atoms with van der Waals surface area (Å²) in [5, 5.41) is 19.4. The third-order valence-electron chi connectivity index (χ3n) is 2.02. The molecule has 0 aromatic heterocycles. The molecule has 1 aromatic rings. The first-order chi connectivity index (χ1) is 7.17. The highest BCUT2D eigenvalue weighted by Gasteiger charge is 2.08. The van der Waals surface area contributed by atoms with Crippen LogP contribution in [0.25, 0.3) is 0 Å². The number of carbonyl (C=O) groups excluding carboxylic acids is 1. The largest absolute Gasteiger partial charge is 0.546 e. The van der Waals surface area contributed by atoms with Crippen molar-refractivity contribution in [1.82, 2.24) is 0 Å². The Bertz CT molecular complexity index is 318. The molecule has 0 saturated heterocycles. The van der Waals surface area contributed by atoms with Crippen molar-refractivity contribution in [2.75, 3.05) is 0 Å². The van der Waals surface area contributed by atoms with Crippen molar-refractivity contribution in [3.8, 4) is 5.75 Å². The van der Waals surface area contributed by atoms with Gasteiger partial charge >= 0.3 is 0 Å². The Morgan fingerprint density at radius 1 is 1.47 bits per heavy atom. The summed E-state index contributed by atoms with van der Waals surface area (Å²) >= 11 is 0. The second-order valence-electron chi connectivity index (χ2n) is 3.14. The zero-order valence-corrected chi connectivity index (χ0v) is 8.47. The van der Waals surface area contributed by atoms with E-state index in [1.54, 1.807) is 31.2 Å². The van der Waals surface area contributed by atoms with Gasteiger partial charge < -0.3 is 19.7 Å². The molecule has 0 aliphatic heterocycles. The molecule has 0 radical (unpaired) electrons. The Hall–Kier alpha value is -1.55. The lowest BCUT2D eigenvalue weighted by molar-refractivity contribution is -0.313. The molecule has 82 valence electrons. The molecular formula is C11H13O4-. The molecule has 0 spiro atoms. The van der Waals surface area contributed by atoms with Crippen molar-refractivity contribution in [2.24, 2.45) is 0 Å². The Morgan fingerprint density at radius 3 is 2.47 bits per heavy atom. The molecule has 4 nitrogen and oxygen atoms in total. The van der Waals surface area contributed by atoms with E-state index in [4.69, 9.17) is 9.84 Å². The van der Waals surface area contributed by atoms with Crippen LogP contribution in [-0.4, -0.2) is 17.2 Å². The lowest BCUT2D eigenvalue weighted by Gasteiger charge is -2.18. The average Bonchev–Trinajstić information content (AvgIpc) is 2.26. The van der Waals surface area contributed by atoms with Gasteiger partial charge in [0.1, 0.15) is 11.9 Å². The van der Waals surface area contributed by atoms with E-state index in [9.17, 15) is 9.90 Å². The van der Waals surface area contributed by atoms with Crippen LogP contribution in [-0.2, 0) is 11.4 Å². The van der Waals surface area contributed by atoms with Crippen molar-refractivity contribution < 1.29 is 19.7 Å². The molecule has 15 heavy (non-hydrogen) atoms. The zero-order chi connectivity index (χ0) is 11.3. The standard InChI is InChI=1S/C11H14O4/c1-2-10(11(13)14)15-9-5-3-8(7-12)4-6-9/h3-6,10,12H,2,7H2,1H3,(H,13,14)/p-1. The van der Waals surface area contributed by atoms with Gasteiger partial charge in [0.05, 0.1) is 12.6 Å². The normalized spacial score (nSPS) is 12.1. The van der Waals surface area contributed by atoms with Gasteiger partial charge in [0.15, 0.2) is 0 Å². The Balaban J connectivity index is 2.67. The minimum Gasteiger partial charge on any atom is -0.546 e. The number of ether oxygens (including phenoxy) is 1. The van der Waals surface area contributed by atoms with Gasteiger partial charge in [0, 0.05) is 0 Å². The van der Waals surface area contributed by atoms with E-state index in [-0.39, 0.29) is 6.61 Å². The van der Waals surface area contributed by atoms with Crippen LogP contribution in [0.15, 0.2) is 24.3 Å². The first-order valence-corrected chi connectivity index (χ1v) is 4.74. The van der Waals surface area contributed by atoms with E-state index in [1.807, 2.05) is 0 Å². The molecule has 1 atom stereocenters. The third-order valence-corrected chi connectivity index (χ3v) is 2.02. The number of benzene rings is 1. The second-order valence-corrected chi connectivity index (χ2v) is 3.14. The molecule has 0 bridgehead atoms. The predicted octanol–water partition coefficient (Wildman–Crippen LogP) is 0.0862. The molecular weight excluding hydrogens is 196 g/mol. The summed E-state index contributed by atoms with van der Waals surface area (Å²) in [5.41, 5.74) is 0.754. The molecule has 0 aliphatic rings. The van der Waals surface area contributed by atoms with Crippen LogP contribution < -0.4 is 9.84 Å². The fourth-order valence-electron chi connectivity index (χ4n) is 1.14. The molecule has 1 rings (SSSR count). The van der Waals surface area contributed by atoms with Crippen molar-refractivity contribution in [1.29, 1.82) is 0 Å². The number of hydrogen-bond acceptors (Lipinski definition) is 4. The number of carboxylic acids is 1. The van der Waals surface area contributed by atoms with Crippen molar-refractivity contribution in [3.05, 3.63) is 29.8 Å². The topological polar surface area (TPSA) is 69.6 Å². The fourth-order valence-corrected chi connectivity index (χ4v) is 1.14. The van der Waals surface area contributed by atoms with Crippen LogP contribution in [0.4, 0.5) is 0 Å². The van der Waals surface area contributed by atoms with E-state index in [1.165, 1.54) is 0 Å². The number of carboxylic acid groups (broad SMARTS) is 1. The van der Waals surface area contributed by atoms with Gasteiger partial charge in [0.2, 0.25) is 0 Å². The van der Waals surface area contributed by atoms with E-state index in [2.05, 4.69) is 0 Å². The van der Waals surface area contributed by atoms with E-state index >= 15 is 0 Å². The van der Waals surface area contributed by atoms with Gasteiger partial charge in [-0.2, -0.15) is 0 Å². The van der Waals surface area contributed by atoms with Crippen LogP contribution in [0.2, 0.25) is 0 Å². The van der Waals surface area contributed by atoms with Gasteiger partial charge in [-0.3, -0.25) is 0 Å². The summed E-state index contributed by atoms with van der Waals surface area (Å²) in [4.78, 5) is 10.6. The van der Waals surface area contributed by atoms with Crippen LogP contribution >= 0.6 is 0 Å². The average molecular weight is 209 g/mol. The summed E-state index contributed by atoms with van der Waals surface area (Å²) in [6, 6.07) is 6.60. The fraction of sp³-hybridized carbons (Fsp3) is 0.364. The van der Waals surface area contributed by atoms with E-state index in [0.29, 0.717) is 12.2 Å². The molecule has 0 aliphatic carbocycles.